The van der Waals surface area contributed by atoms with Gasteiger partial charge in [0.15, 0.2) is 0 Å². The van der Waals surface area contributed by atoms with Crippen LogP contribution in [0.25, 0.3) is 0 Å². The van der Waals surface area contributed by atoms with E-state index in [0.717, 1.165) is 29.2 Å². The maximum Gasteiger partial charge on any atom is 0.101 e. The molecule has 5 heteroatoms. The molecule has 3 nitrogen and oxygen atoms in total. The Hall–Kier alpha value is -0.880. The predicted molar refractivity (Wildman–Crippen MR) is 86.1 cm³/mol. The highest BCUT2D eigenvalue weighted by Crippen LogP contribution is 2.27. The lowest BCUT2D eigenvalue weighted by Crippen LogP contribution is -2.18. The van der Waals surface area contributed by atoms with Crippen LogP contribution in [0.1, 0.15) is 5.56 Å². The van der Waals surface area contributed by atoms with Crippen molar-refractivity contribution in [2.75, 3.05) is 20.3 Å². The molecular formula is C15H17BrN2OS. The van der Waals surface area contributed by atoms with Gasteiger partial charge in [-0.15, -0.1) is 0 Å². The molecule has 0 aliphatic heterocycles. The Bertz CT molecular complexity index is 534. The molecule has 0 radical (unpaired) electrons. The molecule has 0 saturated heterocycles. The van der Waals surface area contributed by atoms with Crippen molar-refractivity contribution in [1.29, 1.82) is 0 Å². The Kier molecular flexibility index (Phi) is 6.53. The molecule has 20 heavy (non-hydrogen) atoms. The van der Waals surface area contributed by atoms with E-state index in [4.69, 9.17) is 4.74 Å². The standard InChI is InChI=1S/C15H17BrN2OS/c1-19-8-7-17-10-12-5-6-15(18-11-12)20-14-4-2-3-13(16)9-14/h2-6,9,11,17H,7-8,10H2,1H3. The lowest BCUT2D eigenvalue weighted by molar-refractivity contribution is 0.199. The van der Waals surface area contributed by atoms with Gasteiger partial charge in [0.1, 0.15) is 5.03 Å². The third-order valence-electron chi connectivity index (χ3n) is 2.63. The molecular weight excluding hydrogens is 336 g/mol. The fourth-order valence-corrected chi connectivity index (χ4v) is 3.00. The first-order valence-electron chi connectivity index (χ1n) is 6.36. The summed E-state index contributed by atoms with van der Waals surface area (Å²) in [7, 11) is 1.71. The Labute approximate surface area is 132 Å². The topological polar surface area (TPSA) is 34.1 Å². The van der Waals surface area contributed by atoms with Gasteiger partial charge in [-0.25, -0.2) is 4.98 Å². The Balaban J connectivity index is 1.88. The van der Waals surface area contributed by atoms with Crippen molar-refractivity contribution in [3.05, 3.63) is 52.6 Å². The molecule has 0 saturated carbocycles. The zero-order valence-corrected chi connectivity index (χ0v) is 13.7. The third-order valence-corrected chi connectivity index (χ3v) is 4.06. The second-order valence-electron chi connectivity index (χ2n) is 4.23. The molecule has 0 amide bonds. The molecule has 0 aliphatic carbocycles. The number of hydrogen-bond acceptors (Lipinski definition) is 4. The van der Waals surface area contributed by atoms with E-state index in [-0.39, 0.29) is 0 Å². The van der Waals surface area contributed by atoms with Gasteiger partial charge in [0.25, 0.3) is 0 Å². The van der Waals surface area contributed by atoms with Crippen LogP contribution in [0, 0.1) is 0 Å². The fourth-order valence-electron chi connectivity index (χ4n) is 1.63. The van der Waals surface area contributed by atoms with Crippen LogP contribution in [0.2, 0.25) is 0 Å². The van der Waals surface area contributed by atoms with Gasteiger partial charge >= 0.3 is 0 Å². The Morgan fingerprint density at radius 2 is 2.20 bits per heavy atom. The average Bonchev–Trinajstić information content (AvgIpc) is 2.45. The molecule has 0 fully saturated rings. The zero-order chi connectivity index (χ0) is 14.2. The van der Waals surface area contributed by atoms with Gasteiger partial charge in [0.05, 0.1) is 6.61 Å². The molecule has 1 aromatic heterocycles. The predicted octanol–water partition coefficient (Wildman–Crippen LogP) is 3.73. The molecule has 0 aliphatic rings. The molecule has 0 bridgehead atoms. The summed E-state index contributed by atoms with van der Waals surface area (Å²) in [5.41, 5.74) is 1.18. The molecule has 0 spiro atoms. The molecule has 2 aromatic rings. The number of aromatic nitrogens is 1. The second kappa shape index (κ2) is 8.42. The highest BCUT2D eigenvalue weighted by atomic mass is 79.9. The van der Waals surface area contributed by atoms with E-state index in [1.54, 1.807) is 18.9 Å². The van der Waals surface area contributed by atoms with Crippen molar-refractivity contribution in [3.63, 3.8) is 0 Å². The first-order chi connectivity index (χ1) is 9.78. The molecule has 106 valence electrons. The lowest BCUT2D eigenvalue weighted by Gasteiger charge is -2.05. The summed E-state index contributed by atoms with van der Waals surface area (Å²) in [4.78, 5) is 5.66. The first kappa shape index (κ1) is 15.5. The van der Waals surface area contributed by atoms with E-state index in [0.29, 0.717) is 0 Å². The minimum Gasteiger partial charge on any atom is -0.383 e. The maximum atomic E-state index is 4.99. The monoisotopic (exact) mass is 352 g/mol. The quantitative estimate of drug-likeness (QED) is 0.769. The fraction of sp³-hybridized carbons (Fsp3) is 0.267. The number of ether oxygens (including phenoxy) is 1. The highest BCUT2D eigenvalue weighted by Gasteiger charge is 2.00. The number of halogens is 1. The molecule has 0 unspecified atom stereocenters. The summed E-state index contributed by atoms with van der Waals surface area (Å²) in [6.07, 6.45) is 1.92. The Morgan fingerprint density at radius 1 is 1.30 bits per heavy atom. The van der Waals surface area contributed by atoms with E-state index >= 15 is 0 Å². The summed E-state index contributed by atoms with van der Waals surface area (Å²) < 4.78 is 6.07. The summed E-state index contributed by atoms with van der Waals surface area (Å²) >= 11 is 5.14. The minimum atomic E-state index is 0.726. The van der Waals surface area contributed by atoms with E-state index in [1.165, 1.54) is 10.5 Å². The van der Waals surface area contributed by atoms with E-state index < -0.39 is 0 Å². The van der Waals surface area contributed by atoms with Crippen molar-refractivity contribution in [2.24, 2.45) is 0 Å². The smallest absolute Gasteiger partial charge is 0.101 e. The van der Waals surface area contributed by atoms with Gasteiger partial charge in [-0.1, -0.05) is 39.8 Å². The summed E-state index contributed by atoms with van der Waals surface area (Å²) in [5, 5.41) is 4.30. The molecule has 0 atom stereocenters. The number of benzene rings is 1. The number of methoxy groups -OCH3 is 1. The van der Waals surface area contributed by atoms with E-state index in [2.05, 4.69) is 50.5 Å². The normalized spacial score (nSPS) is 10.7. The summed E-state index contributed by atoms with van der Waals surface area (Å²) in [6, 6.07) is 12.4. The van der Waals surface area contributed by atoms with Gasteiger partial charge in [0, 0.05) is 35.8 Å². The molecule has 2 rings (SSSR count). The van der Waals surface area contributed by atoms with Crippen molar-refractivity contribution < 1.29 is 4.74 Å². The number of rotatable bonds is 7. The van der Waals surface area contributed by atoms with Gasteiger partial charge in [-0.2, -0.15) is 0 Å². The Morgan fingerprint density at radius 3 is 2.90 bits per heavy atom. The largest absolute Gasteiger partial charge is 0.383 e. The molecule has 1 aromatic carbocycles. The van der Waals surface area contributed by atoms with Crippen LogP contribution in [0.3, 0.4) is 0 Å². The number of nitrogens with one attached hydrogen (secondary N) is 1. The van der Waals surface area contributed by atoms with Crippen LogP contribution >= 0.6 is 27.7 Å². The second-order valence-corrected chi connectivity index (χ2v) is 6.24. The third kappa shape index (κ3) is 5.25. The molecule has 1 heterocycles. The van der Waals surface area contributed by atoms with Gasteiger partial charge in [-0.05, 0) is 29.8 Å². The number of hydrogen-bond donors (Lipinski definition) is 1. The zero-order valence-electron chi connectivity index (χ0n) is 11.3. The molecule has 1 N–H and O–H groups in total. The van der Waals surface area contributed by atoms with Gasteiger partial charge < -0.3 is 10.1 Å². The lowest BCUT2D eigenvalue weighted by atomic mass is 10.3. The van der Waals surface area contributed by atoms with Crippen molar-refractivity contribution in [3.8, 4) is 0 Å². The van der Waals surface area contributed by atoms with E-state index in [1.807, 2.05) is 18.3 Å². The van der Waals surface area contributed by atoms with Crippen LogP contribution in [0.5, 0.6) is 0 Å². The van der Waals surface area contributed by atoms with Crippen LogP contribution in [-0.2, 0) is 11.3 Å². The van der Waals surface area contributed by atoms with E-state index in [9.17, 15) is 0 Å². The minimum absolute atomic E-state index is 0.726. The average molecular weight is 353 g/mol. The summed E-state index contributed by atoms with van der Waals surface area (Å²) in [5.74, 6) is 0. The van der Waals surface area contributed by atoms with Crippen molar-refractivity contribution in [2.45, 2.75) is 16.5 Å². The van der Waals surface area contributed by atoms with Gasteiger partial charge in [0.2, 0.25) is 0 Å². The number of pyridine rings is 1. The van der Waals surface area contributed by atoms with Gasteiger partial charge in [-0.3, -0.25) is 0 Å². The van der Waals surface area contributed by atoms with Crippen LogP contribution < -0.4 is 5.32 Å². The van der Waals surface area contributed by atoms with Crippen LogP contribution in [-0.4, -0.2) is 25.2 Å². The highest BCUT2D eigenvalue weighted by molar-refractivity contribution is 9.10. The summed E-state index contributed by atoms with van der Waals surface area (Å²) in [6.45, 7) is 2.40. The van der Waals surface area contributed by atoms with Crippen LogP contribution in [0.15, 0.2) is 57.0 Å². The van der Waals surface area contributed by atoms with Crippen molar-refractivity contribution in [1.82, 2.24) is 10.3 Å². The maximum absolute atomic E-state index is 4.99. The first-order valence-corrected chi connectivity index (χ1v) is 7.97. The SMILES string of the molecule is COCCNCc1ccc(Sc2cccc(Br)c2)nc1. The van der Waals surface area contributed by atoms with Crippen molar-refractivity contribution >= 4 is 27.7 Å². The number of nitrogens with zero attached hydrogens (tertiary/aromatic N) is 1. The van der Waals surface area contributed by atoms with Crippen LogP contribution in [0.4, 0.5) is 0 Å².